The van der Waals surface area contributed by atoms with Crippen LogP contribution in [0, 0.1) is 11.7 Å². The predicted molar refractivity (Wildman–Crippen MR) is 83.6 cm³/mol. The third-order valence-corrected chi connectivity index (χ3v) is 3.49. The number of rotatable bonds is 8. The van der Waals surface area contributed by atoms with Crippen LogP contribution < -0.4 is 5.32 Å². The Hall–Kier alpha value is -2.24. The van der Waals surface area contributed by atoms with Crippen molar-refractivity contribution in [2.45, 2.75) is 45.6 Å². The largest absolute Gasteiger partial charge is 0.481 e. The number of benzene rings is 1. The van der Waals surface area contributed by atoms with Gasteiger partial charge in [0, 0.05) is 29.9 Å². The lowest BCUT2D eigenvalue weighted by atomic mass is 9.94. The number of halogens is 1. The van der Waals surface area contributed by atoms with Gasteiger partial charge in [-0.1, -0.05) is 19.1 Å². The number of carbonyl (C=O) groups excluding carboxylic acids is 2. The fourth-order valence-corrected chi connectivity index (χ4v) is 2.21. The summed E-state index contributed by atoms with van der Waals surface area (Å²) in [6.45, 7) is 5.07. The van der Waals surface area contributed by atoms with Gasteiger partial charge in [-0.2, -0.15) is 0 Å². The van der Waals surface area contributed by atoms with Gasteiger partial charge < -0.3 is 10.4 Å². The molecular weight excluding hydrogens is 301 g/mol. The van der Waals surface area contributed by atoms with E-state index in [1.54, 1.807) is 20.8 Å². The molecule has 1 aromatic rings. The number of hydrogen-bond acceptors (Lipinski definition) is 3. The first-order valence-corrected chi connectivity index (χ1v) is 7.43. The molecule has 126 valence electrons. The number of carbonyl (C=O) groups is 3. The third-order valence-electron chi connectivity index (χ3n) is 3.49. The van der Waals surface area contributed by atoms with E-state index in [2.05, 4.69) is 5.32 Å². The summed E-state index contributed by atoms with van der Waals surface area (Å²) >= 11 is 0. The predicted octanol–water partition coefficient (Wildman–Crippen LogP) is 2.79. The van der Waals surface area contributed by atoms with Crippen molar-refractivity contribution in [2.75, 3.05) is 0 Å². The smallest absolute Gasteiger partial charge is 0.303 e. The fourth-order valence-electron chi connectivity index (χ4n) is 2.21. The maximum absolute atomic E-state index is 13.1. The lowest BCUT2D eigenvalue weighted by Gasteiger charge is -2.26. The van der Waals surface area contributed by atoms with Crippen molar-refractivity contribution in [3.8, 4) is 0 Å². The van der Waals surface area contributed by atoms with Gasteiger partial charge in [0.15, 0.2) is 5.78 Å². The first-order valence-electron chi connectivity index (χ1n) is 7.43. The van der Waals surface area contributed by atoms with Gasteiger partial charge in [0.1, 0.15) is 5.82 Å². The zero-order valence-corrected chi connectivity index (χ0v) is 13.6. The number of carboxylic acid groups (broad SMARTS) is 1. The number of Topliss-reactive ketones (excluding diaryl/α,β-unsaturated/α-hetero) is 1. The summed E-state index contributed by atoms with van der Waals surface area (Å²) in [6, 6.07) is 5.35. The molecule has 0 spiro atoms. The van der Waals surface area contributed by atoms with Gasteiger partial charge in [-0.25, -0.2) is 4.39 Å². The zero-order chi connectivity index (χ0) is 17.6. The van der Waals surface area contributed by atoms with E-state index in [1.165, 1.54) is 18.2 Å². The van der Waals surface area contributed by atoms with E-state index in [0.29, 0.717) is 6.42 Å². The molecule has 0 aliphatic heterocycles. The number of carboxylic acids is 1. The second-order valence-corrected chi connectivity index (χ2v) is 6.31. The Kier molecular flexibility index (Phi) is 6.42. The molecule has 0 bridgehead atoms. The molecule has 1 aromatic carbocycles. The Balaban J connectivity index is 2.59. The van der Waals surface area contributed by atoms with Crippen molar-refractivity contribution in [3.63, 3.8) is 0 Å². The summed E-state index contributed by atoms with van der Waals surface area (Å²) in [4.78, 5) is 34.8. The SMILES string of the molecule is CC(CC(=O)NC(C)(C)CCC(=O)O)C(=O)c1cccc(F)c1. The lowest BCUT2D eigenvalue weighted by Crippen LogP contribution is -2.44. The number of amides is 1. The van der Waals surface area contributed by atoms with Crippen LogP contribution in [0.15, 0.2) is 24.3 Å². The van der Waals surface area contributed by atoms with Crippen molar-refractivity contribution < 1.29 is 23.9 Å². The maximum atomic E-state index is 13.1. The highest BCUT2D eigenvalue weighted by atomic mass is 19.1. The van der Waals surface area contributed by atoms with Gasteiger partial charge in [-0.3, -0.25) is 14.4 Å². The van der Waals surface area contributed by atoms with Gasteiger partial charge in [0.2, 0.25) is 5.91 Å². The standard InChI is InChI=1S/C17H22FNO4/c1-11(16(23)12-5-4-6-13(18)10-12)9-14(20)19-17(2,3)8-7-15(21)22/h4-6,10-11H,7-9H2,1-3H3,(H,19,20)(H,21,22). The van der Waals surface area contributed by atoms with Crippen LogP contribution in [-0.2, 0) is 9.59 Å². The minimum atomic E-state index is -0.929. The summed E-state index contributed by atoms with van der Waals surface area (Å²) in [5, 5.41) is 11.4. The van der Waals surface area contributed by atoms with E-state index < -0.39 is 23.2 Å². The van der Waals surface area contributed by atoms with Gasteiger partial charge in [-0.15, -0.1) is 0 Å². The van der Waals surface area contributed by atoms with Crippen molar-refractivity contribution in [3.05, 3.63) is 35.6 Å². The third kappa shape index (κ3) is 6.59. The molecule has 1 unspecified atom stereocenters. The first-order chi connectivity index (χ1) is 10.6. The van der Waals surface area contributed by atoms with Crippen LogP contribution in [0.4, 0.5) is 4.39 Å². The summed E-state index contributed by atoms with van der Waals surface area (Å²) < 4.78 is 13.1. The molecule has 23 heavy (non-hydrogen) atoms. The van der Waals surface area contributed by atoms with Crippen LogP contribution in [0.5, 0.6) is 0 Å². The van der Waals surface area contributed by atoms with Crippen LogP contribution in [0.2, 0.25) is 0 Å². The highest BCUT2D eigenvalue weighted by Crippen LogP contribution is 2.16. The van der Waals surface area contributed by atoms with Crippen LogP contribution in [0.1, 0.15) is 50.4 Å². The van der Waals surface area contributed by atoms with Crippen molar-refractivity contribution in [1.82, 2.24) is 5.32 Å². The van der Waals surface area contributed by atoms with E-state index >= 15 is 0 Å². The Morgan fingerprint density at radius 3 is 2.52 bits per heavy atom. The quantitative estimate of drug-likeness (QED) is 0.721. The number of ketones is 1. The van der Waals surface area contributed by atoms with Crippen LogP contribution in [-0.4, -0.2) is 28.3 Å². The molecule has 0 saturated heterocycles. The average molecular weight is 323 g/mol. The van der Waals surface area contributed by atoms with Crippen LogP contribution in [0.25, 0.3) is 0 Å². The second-order valence-electron chi connectivity index (χ2n) is 6.31. The molecule has 0 radical (unpaired) electrons. The summed E-state index contributed by atoms with van der Waals surface area (Å²) in [5.74, 6) is -2.66. The highest BCUT2D eigenvalue weighted by molar-refractivity contribution is 5.99. The number of nitrogens with one attached hydrogen (secondary N) is 1. The average Bonchev–Trinajstić information content (AvgIpc) is 2.43. The summed E-state index contributed by atoms with van der Waals surface area (Å²) in [5.41, 5.74) is -0.438. The van der Waals surface area contributed by atoms with Gasteiger partial charge in [-0.05, 0) is 32.4 Å². The van der Waals surface area contributed by atoms with Gasteiger partial charge in [0.25, 0.3) is 0 Å². The minimum absolute atomic E-state index is 0.0359. The number of hydrogen-bond donors (Lipinski definition) is 2. The monoisotopic (exact) mass is 323 g/mol. The van der Waals surface area contributed by atoms with Crippen molar-refractivity contribution >= 4 is 17.7 Å². The Bertz CT molecular complexity index is 598. The molecule has 0 aliphatic carbocycles. The molecular formula is C17H22FNO4. The zero-order valence-electron chi connectivity index (χ0n) is 13.6. The summed E-state index contributed by atoms with van der Waals surface area (Å²) in [7, 11) is 0. The van der Waals surface area contributed by atoms with Crippen molar-refractivity contribution in [2.24, 2.45) is 5.92 Å². The molecule has 0 aliphatic rings. The normalized spacial score (nSPS) is 12.5. The first kappa shape index (κ1) is 18.8. The van der Waals surface area contributed by atoms with E-state index in [1.807, 2.05) is 0 Å². The van der Waals surface area contributed by atoms with Gasteiger partial charge >= 0.3 is 5.97 Å². The molecule has 0 aromatic heterocycles. The molecule has 6 heteroatoms. The molecule has 1 rings (SSSR count). The van der Waals surface area contributed by atoms with Crippen LogP contribution >= 0.6 is 0 Å². The molecule has 0 saturated carbocycles. The van der Waals surface area contributed by atoms with Gasteiger partial charge in [0.05, 0.1) is 0 Å². The lowest BCUT2D eigenvalue weighted by molar-refractivity contribution is -0.137. The fraction of sp³-hybridized carbons (Fsp3) is 0.471. The maximum Gasteiger partial charge on any atom is 0.303 e. The van der Waals surface area contributed by atoms with Crippen LogP contribution in [0.3, 0.4) is 0 Å². The van der Waals surface area contributed by atoms with E-state index in [-0.39, 0.29) is 30.1 Å². The molecule has 2 N–H and O–H groups in total. The Morgan fingerprint density at radius 2 is 1.96 bits per heavy atom. The highest BCUT2D eigenvalue weighted by Gasteiger charge is 2.24. The second kappa shape index (κ2) is 7.85. The minimum Gasteiger partial charge on any atom is -0.481 e. The molecule has 5 nitrogen and oxygen atoms in total. The van der Waals surface area contributed by atoms with E-state index in [4.69, 9.17) is 5.11 Å². The number of aliphatic carboxylic acids is 1. The van der Waals surface area contributed by atoms with E-state index in [9.17, 15) is 18.8 Å². The topological polar surface area (TPSA) is 83.5 Å². The summed E-state index contributed by atoms with van der Waals surface area (Å²) in [6.07, 6.45) is 0.206. The van der Waals surface area contributed by atoms with E-state index in [0.717, 1.165) is 6.07 Å². The van der Waals surface area contributed by atoms with Crippen molar-refractivity contribution in [1.29, 1.82) is 0 Å². The molecule has 0 fully saturated rings. The molecule has 0 heterocycles. The molecule has 1 amide bonds. The Morgan fingerprint density at radius 1 is 1.30 bits per heavy atom. The Labute approximate surface area is 134 Å². The molecule has 1 atom stereocenters.